The van der Waals surface area contributed by atoms with Crippen LogP contribution in [0.15, 0.2) is 30.3 Å². The van der Waals surface area contributed by atoms with E-state index in [1.165, 1.54) is 5.56 Å². The van der Waals surface area contributed by atoms with Gasteiger partial charge in [0.15, 0.2) is 0 Å². The number of nitrogens with zero attached hydrogens (tertiary/aromatic N) is 1. The van der Waals surface area contributed by atoms with Gasteiger partial charge in [0.05, 0.1) is 5.54 Å². The molecule has 4 nitrogen and oxygen atoms in total. The average molecular weight is 316 g/mol. The van der Waals surface area contributed by atoms with Crippen molar-refractivity contribution < 1.29 is 9.53 Å². The van der Waals surface area contributed by atoms with Gasteiger partial charge in [-0.25, -0.2) is 4.79 Å². The minimum absolute atomic E-state index is 0.127. The Labute approximate surface area is 139 Å². The van der Waals surface area contributed by atoms with E-state index < -0.39 is 5.60 Å². The Morgan fingerprint density at radius 1 is 1.26 bits per heavy atom. The summed E-state index contributed by atoms with van der Waals surface area (Å²) in [6, 6.07) is 10.9. The Balaban J connectivity index is 1.67. The molecule has 3 atom stereocenters. The molecule has 2 aliphatic rings. The number of benzene rings is 1. The van der Waals surface area contributed by atoms with E-state index in [4.69, 9.17) is 4.74 Å². The van der Waals surface area contributed by atoms with Gasteiger partial charge in [-0.15, -0.1) is 0 Å². The number of piperidine rings is 1. The van der Waals surface area contributed by atoms with Gasteiger partial charge < -0.3 is 10.1 Å². The summed E-state index contributed by atoms with van der Waals surface area (Å²) in [5.41, 5.74) is 0.900. The lowest BCUT2D eigenvalue weighted by molar-refractivity contribution is 0.0486. The molecule has 1 N–H and O–H groups in total. The fourth-order valence-corrected chi connectivity index (χ4v) is 3.88. The van der Waals surface area contributed by atoms with Crippen molar-refractivity contribution in [2.45, 2.75) is 58.2 Å². The van der Waals surface area contributed by atoms with Crippen LogP contribution in [0.2, 0.25) is 0 Å². The van der Waals surface area contributed by atoms with Gasteiger partial charge in [-0.3, -0.25) is 4.90 Å². The third-order valence-corrected chi connectivity index (χ3v) is 5.32. The Morgan fingerprint density at radius 2 is 1.91 bits per heavy atom. The number of carbonyl (C=O) groups is 1. The van der Waals surface area contributed by atoms with Crippen molar-refractivity contribution in [3.8, 4) is 0 Å². The van der Waals surface area contributed by atoms with Gasteiger partial charge in [-0.05, 0) is 39.7 Å². The number of alkyl carbamates (subject to hydrolysis) is 1. The van der Waals surface area contributed by atoms with E-state index in [0.717, 1.165) is 19.5 Å². The zero-order valence-electron chi connectivity index (χ0n) is 14.8. The van der Waals surface area contributed by atoms with Crippen LogP contribution >= 0.6 is 0 Å². The Morgan fingerprint density at radius 3 is 2.52 bits per heavy atom. The molecule has 4 heteroatoms. The zero-order chi connectivity index (χ0) is 16.9. The summed E-state index contributed by atoms with van der Waals surface area (Å²) in [5, 5.41) is 3.16. The molecule has 3 rings (SSSR count). The highest BCUT2D eigenvalue weighted by Crippen LogP contribution is 2.62. The minimum atomic E-state index is -0.457. The first-order valence-corrected chi connectivity index (χ1v) is 8.44. The molecular weight excluding hydrogens is 288 g/mol. The van der Waals surface area contributed by atoms with Crippen LogP contribution in [0.25, 0.3) is 0 Å². The lowest BCUT2D eigenvalue weighted by Crippen LogP contribution is -2.45. The standard InChI is InChI=1S/C19H28N2O2/c1-14(15-9-7-6-8-10-15)21-12-18(5)11-19(18,13-21)20-16(22)23-17(2,3)4/h6-10,14H,11-13H2,1-5H3,(H,20,22)/t14-,18?,19?/m1/s1. The number of amides is 1. The molecule has 23 heavy (non-hydrogen) atoms. The van der Waals surface area contributed by atoms with E-state index in [9.17, 15) is 4.79 Å². The van der Waals surface area contributed by atoms with Gasteiger partial charge in [0.25, 0.3) is 0 Å². The maximum absolute atomic E-state index is 12.2. The molecule has 0 aromatic heterocycles. The van der Waals surface area contributed by atoms with E-state index in [1.807, 2.05) is 26.8 Å². The zero-order valence-corrected chi connectivity index (χ0v) is 14.8. The van der Waals surface area contributed by atoms with Gasteiger partial charge in [0, 0.05) is 24.5 Å². The van der Waals surface area contributed by atoms with Gasteiger partial charge in [0.2, 0.25) is 0 Å². The second kappa shape index (κ2) is 5.23. The fraction of sp³-hybridized carbons (Fsp3) is 0.632. The number of nitrogens with one attached hydrogen (secondary N) is 1. The first-order chi connectivity index (χ1) is 10.6. The van der Waals surface area contributed by atoms with Crippen molar-refractivity contribution in [3.63, 3.8) is 0 Å². The highest BCUT2D eigenvalue weighted by atomic mass is 16.6. The van der Waals surface area contributed by atoms with E-state index >= 15 is 0 Å². The van der Waals surface area contributed by atoms with Crippen LogP contribution in [0.5, 0.6) is 0 Å². The average Bonchev–Trinajstić information content (AvgIpc) is 2.88. The SMILES string of the molecule is C[C@H](c1ccccc1)N1CC2(C)CC2(NC(=O)OC(C)(C)C)C1. The van der Waals surface area contributed by atoms with E-state index in [-0.39, 0.29) is 17.0 Å². The first kappa shape index (κ1) is 16.3. The number of carbonyl (C=O) groups excluding carboxylic acids is 1. The van der Waals surface area contributed by atoms with Crippen molar-refractivity contribution in [3.05, 3.63) is 35.9 Å². The van der Waals surface area contributed by atoms with Crippen molar-refractivity contribution in [1.82, 2.24) is 10.2 Å². The van der Waals surface area contributed by atoms with E-state index in [1.54, 1.807) is 0 Å². The number of ether oxygens (including phenoxy) is 1. The van der Waals surface area contributed by atoms with Crippen LogP contribution in [-0.4, -0.2) is 35.2 Å². The molecule has 1 amide bonds. The molecule has 126 valence electrons. The van der Waals surface area contributed by atoms with Crippen LogP contribution in [0.3, 0.4) is 0 Å². The van der Waals surface area contributed by atoms with Crippen LogP contribution in [0.1, 0.15) is 52.6 Å². The number of likely N-dealkylation sites (tertiary alicyclic amines) is 1. The smallest absolute Gasteiger partial charge is 0.408 e. The third-order valence-electron chi connectivity index (χ3n) is 5.32. The molecule has 0 radical (unpaired) electrons. The molecule has 1 heterocycles. The number of hydrogen-bond acceptors (Lipinski definition) is 3. The molecule has 1 aromatic rings. The molecule has 2 fully saturated rings. The highest BCUT2D eigenvalue weighted by molar-refractivity contribution is 5.70. The van der Waals surface area contributed by atoms with Crippen LogP contribution in [0, 0.1) is 5.41 Å². The van der Waals surface area contributed by atoms with Crippen LogP contribution in [0.4, 0.5) is 4.79 Å². The predicted molar refractivity (Wildman–Crippen MR) is 91.3 cm³/mol. The molecule has 0 spiro atoms. The summed E-state index contributed by atoms with van der Waals surface area (Å²) in [6.45, 7) is 12.1. The summed E-state index contributed by atoms with van der Waals surface area (Å²) in [5.74, 6) is 0. The van der Waals surface area contributed by atoms with Crippen molar-refractivity contribution in [2.24, 2.45) is 5.41 Å². The quantitative estimate of drug-likeness (QED) is 0.923. The normalized spacial score (nSPS) is 31.3. The Kier molecular flexibility index (Phi) is 3.71. The van der Waals surface area contributed by atoms with Crippen molar-refractivity contribution in [1.29, 1.82) is 0 Å². The molecule has 2 unspecified atom stereocenters. The highest BCUT2D eigenvalue weighted by Gasteiger charge is 2.70. The molecule has 1 aliphatic carbocycles. The predicted octanol–water partition coefficient (Wildman–Crippen LogP) is 3.74. The maximum atomic E-state index is 12.2. The Bertz CT molecular complexity index is 595. The number of rotatable bonds is 3. The summed E-state index contributed by atoms with van der Waals surface area (Å²) >= 11 is 0. The van der Waals surface area contributed by atoms with Gasteiger partial charge in [-0.1, -0.05) is 37.3 Å². The molecule has 1 saturated heterocycles. The number of fused-ring (bicyclic) bond motifs is 1. The summed E-state index contributed by atoms with van der Waals surface area (Å²) in [6.07, 6.45) is 0.743. The second-order valence-electron chi connectivity index (χ2n) is 8.44. The van der Waals surface area contributed by atoms with Gasteiger partial charge in [0.1, 0.15) is 5.60 Å². The topological polar surface area (TPSA) is 41.6 Å². The monoisotopic (exact) mass is 316 g/mol. The summed E-state index contributed by atoms with van der Waals surface area (Å²) in [7, 11) is 0. The molecule has 0 bridgehead atoms. The van der Waals surface area contributed by atoms with Crippen molar-refractivity contribution >= 4 is 6.09 Å². The van der Waals surface area contributed by atoms with Gasteiger partial charge >= 0.3 is 6.09 Å². The third kappa shape index (κ3) is 3.09. The molecule has 1 aliphatic heterocycles. The van der Waals surface area contributed by atoms with Crippen LogP contribution in [-0.2, 0) is 4.74 Å². The fourth-order valence-electron chi connectivity index (χ4n) is 3.88. The molecule has 1 aromatic carbocycles. The van der Waals surface area contributed by atoms with Crippen LogP contribution < -0.4 is 5.32 Å². The van der Waals surface area contributed by atoms with Gasteiger partial charge in [-0.2, -0.15) is 0 Å². The number of hydrogen-bond donors (Lipinski definition) is 1. The van der Waals surface area contributed by atoms with E-state index in [0.29, 0.717) is 6.04 Å². The first-order valence-electron chi connectivity index (χ1n) is 8.44. The Hall–Kier alpha value is -1.55. The maximum Gasteiger partial charge on any atom is 0.408 e. The lowest BCUT2D eigenvalue weighted by atomic mass is 10.1. The lowest BCUT2D eigenvalue weighted by Gasteiger charge is -2.28. The molecule has 1 saturated carbocycles. The minimum Gasteiger partial charge on any atom is -0.444 e. The molecular formula is C19H28N2O2. The summed E-state index contributed by atoms with van der Waals surface area (Å²) < 4.78 is 5.45. The van der Waals surface area contributed by atoms with E-state index in [2.05, 4.69) is 48.3 Å². The largest absolute Gasteiger partial charge is 0.444 e. The van der Waals surface area contributed by atoms with Crippen molar-refractivity contribution in [2.75, 3.05) is 13.1 Å². The summed E-state index contributed by atoms with van der Waals surface area (Å²) in [4.78, 5) is 14.7. The second-order valence-corrected chi connectivity index (χ2v) is 8.44.